The summed E-state index contributed by atoms with van der Waals surface area (Å²) in [6, 6.07) is 0. The second-order valence-corrected chi connectivity index (χ2v) is 8.64. The van der Waals surface area contributed by atoms with E-state index in [1.54, 1.807) is 0 Å². The second-order valence-electron chi connectivity index (χ2n) is 3.85. The van der Waals surface area contributed by atoms with E-state index in [9.17, 15) is 0 Å². The van der Waals surface area contributed by atoms with Gasteiger partial charge in [-0.25, -0.2) is 9.97 Å². The average Bonchev–Trinajstić information content (AvgIpc) is 2.29. The van der Waals surface area contributed by atoms with Gasteiger partial charge in [-0.2, -0.15) is 11.8 Å². The van der Waals surface area contributed by atoms with Gasteiger partial charge in [-0.15, -0.1) is 11.8 Å². The summed E-state index contributed by atoms with van der Waals surface area (Å²) in [7, 11) is 0. The molecule has 1 aromatic rings. The minimum atomic E-state index is 0.290. The van der Waals surface area contributed by atoms with E-state index in [1.165, 1.54) is 0 Å². The number of rotatable bonds is 1. The Bertz CT molecular complexity index is 410. The maximum atomic E-state index is 6.04. The fraction of sp³-hybridized carbons (Fsp3) is 0.600. The van der Waals surface area contributed by atoms with E-state index in [0.29, 0.717) is 20.8 Å². The number of halogens is 3. The van der Waals surface area contributed by atoms with E-state index >= 15 is 0 Å². The largest absolute Gasteiger partial charge is 0.219 e. The van der Waals surface area contributed by atoms with Crippen LogP contribution in [0.1, 0.15) is 24.9 Å². The average molecular weight is 421 g/mol. The molecule has 1 saturated heterocycles. The third kappa shape index (κ3) is 3.35. The third-order valence-corrected chi connectivity index (χ3v) is 8.22. The molecule has 0 aliphatic carbocycles. The zero-order valence-electron chi connectivity index (χ0n) is 9.28. The SMILES string of the molecule is CC1SCC(c2nc(Cl)c(I)c(Cl)n2)SC1C. The monoisotopic (exact) mass is 420 g/mol. The van der Waals surface area contributed by atoms with Crippen molar-refractivity contribution in [3.63, 3.8) is 0 Å². The first-order valence-corrected chi connectivity index (χ1v) is 8.97. The van der Waals surface area contributed by atoms with Gasteiger partial charge in [-0.1, -0.05) is 37.0 Å². The maximum absolute atomic E-state index is 6.04. The molecule has 2 nitrogen and oxygen atoms in total. The fourth-order valence-electron chi connectivity index (χ4n) is 1.47. The molecule has 0 amide bonds. The number of hydrogen-bond donors (Lipinski definition) is 0. The van der Waals surface area contributed by atoms with Gasteiger partial charge in [0, 0.05) is 16.3 Å². The quantitative estimate of drug-likeness (QED) is 0.486. The van der Waals surface area contributed by atoms with Crippen molar-refractivity contribution in [1.29, 1.82) is 0 Å². The Balaban J connectivity index is 2.23. The summed E-state index contributed by atoms with van der Waals surface area (Å²) in [5.41, 5.74) is 0. The molecule has 0 aromatic carbocycles. The van der Waals surface area contributed by atoms with Crippen LogP contribution >= 0.6 is 69.3 Å². The molecule has 3 atom stereocenters. The summed E-state index contributed by atoms with van der Waals surface area (Å²) >= 11 is 18.0. The van der Waals surface area contributed by atoms with Crippen molar-refractivity contribution in [2.45, 2.75) is 29.6 Å². The molecule has 7 heteroatoms. The van der Waals surface area contributed by atoms with Gasteiger partial charge in [0.25, 0.3) is 0 Å². The summed E-state index contributed by atoms with van der Waals surface area (Å²) in [4.78, 5) is 8.69. The molecule has 94 valence electrons. The van der Waals surface area contributed by atoms with Crippen LogP contribution in [0.3, 0.4) is 0 Å². The minimum absolute atomic E-state index is 0.290. The minimum Gasteiger partial charge on any atom is -0.219 e. The van der Waals surface area contributed by atoms with Crippen molar-refractivity contribution < 1.29 is 0 Å². The molecule has 1 aliphatic rings. The van der Waals surface area contributed by atoms with Gasteiger partial charge in [0.05, 0.1) is 8.82 Å². The Morgan fingerprint density at radius 2 is 1.76 bits per heavy atom. The van der Waals surface area contributed by atoms with Crippen LogP contribution in [-0.2, 0) is 0 Å². The van der Waals surface area contributed by atoms with Crippen LogP contribution in [-0.4, -0.2) is 26.2 Å². The highest BCUT2D eigenvalue weighted by Gasteiger charge is 2.29. The third-order valence-electron chi connectivity index (χ3n) is 2.63. The number of hydrogen-bond acceptors (Lipinski definition) is 4. The highest BCUT2D eigenvalue weighted by atomic mass is 127. The van der Waals surface area contributed by atoms with Crippen molar-refractivity contribution in [3.8, 4) is 0 Å². The number of thioether (sulfide) groups is 2. The molecule has 0 bridgehead atoms. The van der Waals surface area contributed by atoms with Crippen LogP contribution in [0.25, 0.3) is 0 Å². The molecular formula is C10H11Cl2IN2S2. The van der Waals surface area contributed by atoms with Crippen LogP contribution in [0.15, 0.2) is 0 Å². The smallest absolute Gasteiger partial charge is 0.147 e. The van der Waals surface area contributed by atoms with Crippen molar-refractivity contribution in [3.05, 3.63) is 19.7 Å². The lowest BCUT2D eigenvalue weighted by molar-refractivity contribution is 0.857. The van der Waals surface area contributed by atoms with Crippen molar-refractivity contribution in [2.24, 2.45) is 0 Å². The van der Waals surface area contributed by atoms with Crippen molar-refractivity contribution in [1.82, 2.24) is 9.97 Å². The first-order valence-electron chi connectivity index (χ1n) is 5.14. The normalized spacial score (nSPS) is 29.4. The number of nitrogens with zero attached hydrogens (tertiary/aromatic N) is 2. The van der Waals surface area contributed by atoms with E-state index in [4.69, 9.17) is 23.2 Å². The van der Waals surface area contributed by atoms with Crippen molar-refractivity contribution >= 4 is 69.3 Å². The molecule has 0 saturated carbocycles. The molecular weight excluding hydrogens is 410 g/mol. The van der Waals surface area contributed by atoms with Crippen LogP contribution in [0, 0.1) is 3.57 Å². The summed E-state index contributed by atoms with van der Waals surface area (Å²) in [5.74, 6) is 1.78. The Kier molecular flexibility index (Phi) is 5.14. The maximum Gasteiger partial charge on any atom is 0.147 e. The van der Waals surface area contributed by atoms with Gasteiger partial charge in [-0.3, -0.25) is 0 Å². The van der Waals surface area contributed by atoms with E-state index in [2.05, 4.69) is 46.4 Å². The predicted octanol–water partition coefficient (Wildman–Crippen LogP) is 4.69. The van der Waals surface area contributed by atoms with E-state index in [0.717, 1.165) is 15.1 Å². The molecule has 0 spiro atoms. The van der Waals surface area contributed by atoms with Gasteiger partial charge in [0.1, 0.15) is 16.1 Å². The first-order chi connectivity index (χ1) is 7.99. The zero-order chi connectivity index (χ0) is 12.6. The Morgan fingerprint density at radius 1 is 1.18 bits per heavy atom. The number of aromatic nitrogens is 2. The van der Waals surface area contributed by atoms with Crippen LogP contribution in [0.2, 0.25) is 10.3 Å². The van der Waals surface area contributed by atoms with E-state index < -0.39 is 0 Å². The summed E-state index contributed by atoms with van der Waals surface area (Å²) in [6.45, 7) is 4.50. The van der Waals surface area contributed by atoms with Gasteiger partial charge in [-0.05, 0) is 22.6 Å². The lowest BCUT2D eigenvalue weighted by Crippen LogP contribution is -2.23. The summed E-state index contributed by atoms with van der Waals surface area (Å²) in [6.07, 6.45) is 0. The topological polar surface area (TPSA) is 25.8 Å². The Hall–Kier alpha value is 1.09. The molecule has 1 aliphatic heterocycles. The molecule has 0 radical (unpaired) electrons. The first kappa shape index (κ1) is 14.5. The molecule has 1 aromatic heterocycles. The van der Waals surface area contributed by atoms with Gasteiger partial charge in [0.2, 0.25) is 0 Å². The van der Waals surface area contributed by atoms with Gasteiger partial charge in [0.15, 0.2) is 0 Å². The summed E-state index contributed by atoms with van der Waals surface area (Å²) < 4.78 is 0.726. The van der Waals surface area contributed by atoms with Gasteiger partial charge < -0.3 is 0 Å². The summed E-state index contributed by atoms with van der Waals surface area (Å²) in [5, 5.41) is 2.47. The molecule has 1 fully saturated rings. The molecule has 2 heterocycles. The molecule has 3 unspecified atom stereocenters. The van der Waals surface area contributed by atoms with Gasteiger partial charge >= 0.3 is 0 Å². The van der Waals surface area contributed by atoms with Crippen LogP contribution in [0.4, 0.5) is 0 Å². The molecule has 2 rings (SSSR count). The zero-order valence-corrected chi connectivity index (χ0v) is 14.6. The van der Waals surface area contributed by atoms with Crippen molar-refractivity contribution in [2.75, 3.05) is 5.75 Å². The lowest BCUT2D eigenvalue weighted by Gasteiger charge is -2.30. The fourth-order valence-corrected chi connectivity index (χ4v) is 4.96. The lowest BCUT2D eigenvalue weighted by atomic mass is 10.3. The van der Waals surface area contributed by atoms with Crippen LogP contribution in [0.5, 0.6) is 0 Å². The van der Waals surface area contributed by atoms with E-state index in [1.807, 2.05) is 23.5 Å². The highest BCUT2D eigenvalue weighted by molar-refractivity contribution is 14.1. The molecule has 17 heavy (non-hydrogen) atoms. The molecule has 0 N–H and O–H groups in total. The Labute approximate surface area is 133 Å². The van der Waals surface area contributed by atoms with E-state index in [-0.39, 0.29) is 5.25 Å². The highest BCUT2D eigenvalue weighted by Crippen LogP contribution is 2.43. The standard InChI is InChI=1S/C10H11Cl2IN2S2/c1-4-5(2)17-6(3-16-4)10-14-8(11)7(13)9(12)15-10/h4-6H,3H2,1-2H3. The Morgan fingerprint density at radius 3 is 2.29 bits per heavy atom. The second kappa shape index (κ2) is 6.03. The van der Waals surface area contributed by atoms with Crippen LogP contribution < -0.4 is 0 Å². The predicted molar refractivity (Wildman–Crippen MR) is 86.5 cm³/mol.